The first kappa shape index (κ1) is 14.7. The number of hydrogen-bond donors (Lipinski definition) is 1. The molecule has 0 spiro atoms. The van der Waals surface area contributed by atoms with Gasteiger partial charge in [0.1, 0.15) is 0 Å². The highest BCUT2D eigenvalue weighted by molar-refractivity contribution is 14.1. The van der Waals surface area contributed by atoms with Gasteiger partial charge in [0.25, 0.3) is 0 Å². The maximum absolute atomic E-state index is 12.8. The van der Waals surface area contributed by atoms with Gasteiger partial charge >= 0.3 is 0 Å². The maximum Gasteiger partial charge on any atom is 0.212 e. The number of nitrogens with zero attached hydrogens (tertiary/aromatic N) is 2. The van der Waals surface area contributed by atoms with Crippen molar-refractivity contribution in [2.75, 3.05) is 18.0 Å². The summed E-state index contributed by atoms with van der Waals surface area (Å²) >= 11 is 2.31. The van der Waals surface area contributed by atoms with Crippen LogP contribution in [-0.4, -0.2) is 24.1 Å². The van der Waals surface area contributed by atoms with E-state index in [4.69, 9.17) is 0 Å². The Hall–Kier alpha value is -1.21. The van der Waals surface area contributed by atoms with Crippen molar-refractivity contribution >= 4 is 28.3 Å². The Morgan fingerprint density at radius 1 is 1.24 bits per heavy atom. The molecule has 110 valence electrons. The molecule has 0 saturated carbocycles. The number of nitrogens with one attached hydrogen (secondary N) is 1. The smallest absolute Gasteiger partial charge is 0.212 e. The zero-order valence-electron chi connectivity index (χ0n) is 11.6. The number of pyridine rings is 1. The van der Waals surface area contributed by atoms with Crippen LogP contribution in [0.5, 0.6) is 0 Å². The lowest BCUT2D eigenvalue weighted by molar-refractivity contribution is 0.551. The van der Waals surface area contributed by atoms with Gasteiger partial charge in [-0.25, -0.2) is 4.98 Å². The fraction of sp³-hybridized carbons (Fsp3) is 0.312. The van der Waals surface area contributed by atoms with Gasteiger partial charge < -0.3 is 10.2 Å². The summed E-state index contributed by atoms with van der Waals surface area (Å²) in [5, 5.41) is 3.59. The molecule has 3 nitrogen and oxygen atoms in total. The highest BCUT2D eigenvalue weighted by atomic mass is 127. The third-order valence-corrected chi connectivity index (χ3v) is 4.49. The van der Waals surface area contributed by atoms with Gasteiger partial charge in [0.2, 0.25) is 5.95 Å². The predicted octanol–water partition coefficient (Wildman–Crippen LogP) is 3.19. The third-order valence-electron chi connectivity index (χ3n) is 3.77. The summed E-state index contributed by atoms with van der Waals surface area (Å²) < 4.78 is 14.1. The van der Waals surface area contributed by atoms with Crippen LogP contribution < -0.4 is 10.2 Å². The Morgan fingerprint density at radius 3 is 2.76 bits per heavy atom. The fourth-order valence-corrected chi connectivity index (χ4v) is 2.94. The molecule has 0 amide bonds. The van der Waals surface area contributed by atoms with Crippen molar-refractivity contribution in [3.63, 3.8) is 0 Å². The maximum atomic E-state index is 12.8. The molecule has 0 bridgehead atoms. The second-order valence-corrected chi connectivity index (χ2v) is 6.52. The van der Waals surface area contributed by atoms with Crippen LogP contribution in [0.1, 0.15) is 12.0 Å². The lowest BCUT2D eigenvalue weighted by Gasteiger charge is -2.18. The van der Waals surface area contributed by atoms with E-state index in [1.54, 1.807) is 12.3 Å². The number of aromatic nitrogens is 1. The minimum atomic E-state index is -0.425. The summed E-state index contributed by atoms with van der Waals surface area (Å²) in [4.78, 5) is 5.97. The van der Waals surface area contributed by atoms with Crippen molar-refractivity contribution in [3.8, 4) is 0 Å². The molecule has 3 rings (SSSR count). The SMILES string of the molecule is Fc1ccc(N2CC[C@H](NCc3ccc(I)cc3)C2)cn1. The molecule has 1 saturated heterocycles. The average Bonchev–Trinajstić information content (AvgIpc) is 2.96. The van der Waals surface area contributed by atoms with Gasteiger partial charge in [0.15, 0.2) is 0 Å². The van der Waals surface area contributed by atoms with Crippen molar-refractivity contribution in [1.29, 1.82) is 0 Å². The molecule has 1 fully saturated rings. The topological polar surface area (TPSA) is 28.2 Å². The second-order valence-electron chi connectivity index (χ2n) is 5.28. The quantitative estimate of drug-likeness (QED) is 0.635. The summed E-state index contributed by atoms with van der Waals surface area (Å²) in [5.41, 5.74) is 2.30. The number of benzene rings is 1. The van der Waals surface area contributed by atoms with Crippen LogP contribution in [0.2, 0.25) is 0 Å². The van der Waals surface area contributed by atoms with E-state index in [0.29, 0.717) is 6.04 Å². The van der Waals surface area contributed by atoms with E-state index in [1.165, 1.54) is 15.2 Å². The molecule has 1 aliphatic rings. The molecule has 1 aromatic carbocycles. The Balaban J connectivity index is 1.52. The van der Waals surface area contributed by atoms with E-state index in [-0.39, 0.29) is 0 Å². The second kappa shape index (κ2) is 6.70. The molecule has 1 aliphatic heterocycles. The summed E-state index contributed by atoms with van der Waals surface area (Å²) in [7, 11) is 0. The van der Waals surface area contributed by atoms with Gasteiger partial charge in [0, 0.05) is 29.2 Å². The van der Waals surface area contributed by atoms with Gasteiger partial charge in [-0.15, -0.1) is 0 Å². The first-order chi connectivity index (χ1) is 10.2. The lowest BCUT2D eigenvalue weighted by atomic mass is 10.2. The van der Waals surface area contributed by atoms with E-state index in [2.05, 4.69) is 62.1 Å². The van der Waals surface area contributed by atoms with E-state index in [9.17, 15) is 4.39 Å². The van der Waals surface area contributed by atoms with Crippen LogP contribution in [0.3, 0.4) is 0 Å². The molecule has 1 aromatic heterocycles. The van der Waals surface area contributed by atoms with E-state index in [1.807, 2.05) is 0 Å². The number of hydrogen-bond acceptors (Lipinski definition) is 3. The fourth-order valence-electron chi connectivity index (χ4n) is 2.58. The van der Waals surface area contributed by atoms with Crippen LogP contribution in [0.15, 0.2) is 42.6 Å². The van der Waals surface area contributed by atoms with Gasteiger partial charge in [-0.05, 0) is 58.8 Å². The first-order valence-electron chi connectivity index (χ1n) is 7.05. The summed E-state index contributed by atoms with van der Waals surface area (Å²) in [6.45, 7) is 2.81. The average molecular weight is 397 g/mol. The Labute approximate surface area is 137 Å². The largest absolute Gasteiger partial charge is 0.369 e. The summed E-state index contributed by atoms with van der Waals surface area (Å²) in [6.07, 6.45) is 2.71. The zero-order chi connectivity index (χ0) is 14.7. The first-order valence-corrected chi connectivity index (χ1v) is 8.13. The molecular formula is C16H17FIN3. The van der Waals surface area contributed by atoms with E-state index >= 15 is 0 Å². The molecule has 0 unspecified atom stereocenters. The van der Waals surface area contributed by atoms with Crippen molar-refractivity contribution in [2.45, 2.75) is 19.0 Å². The van der Waals surface area contributed by atoms with Crippen molar-refractivity contribution in [1.82, 2.24) is 10.3 Å². The molecule has 2 aromatic rings. The molecule has 5 heteroatoms. The normalized spacial score (nSPS) is 18.2. The van der Waals surface area contributed by atoms with Crippen LogP contribution >= 0.6 is 22.6 Å². The monoisotopic (exact) mass is 397 g/mol. The molecule has 2 heterocycles. The summed E-state index contributed by atoms with van der Waals surface area (Å²) in [5.74, 6) is -0.425. The molecule has 0 aliphatic carbocycles. The standard InChI is InChI=1S/C16H17FIN3/c17-16-6-5-15(10-20-16)21-8-7-14(11-21)19-9-12-1-3-13(18)4-2-12/h1-6,10,14,19H,7-9,11H2/t14-/m0/s1. The number of halogens is 2. The highest BCUT2D eigenvalue weighted by Gasteiger charge is 2.22. The van der Waals surface area contributed by atoms with Crippen molar-refractivity contribution in [2.24, 2.45) is 0 Å². The third kappa shape index (κ3) is 3.91. The van der Waals surface area contributed by atoms with E-state index < -0.39 is 5.95 Å². The van der Waals surface area contributed by atoms with E-state index in [0.717, 1.165) is 31.7 Å². The van der Waals surface area contributed by atoms with Crippen LogP contribution in [0.4, 0.5) is 10.1 Å². The van der Waals surface area contributed by atoms with Gasteiger partial charge in [-0.1, -0.05) is 12.1 Å². The molecule has 0 radical (unpaired) electrons. The molecular weight excluding hydrogens is 380 g/mol. The Bertz CT molecular complexity index is 585. The van der Waals surface area contributed by atoms with Gasteiger partial charge in [0.05, 0.1) is 11.9 Å². The van der Waals surface area contributed by atoms with Crippen molar-refractivity contribution < 1.29 is 4.39 Å². The Morgan fingerprint density at radius 2 is 2.05 bits per heavy atom. The minimum Gasteiger partial charge on any atom is -0.369 e. The van der Waals surface area contributed by atoms with Gasteiger partial charge in [-0.2, -0.15) is 4.39 Å². The Kier molecular flexibility index (Phi) is 4.70. The van der Waals surface area contributed by atoms with Crippen LogP contribution in [0.25, 0.3) is 0 Å². The summed E-state index contributed by atoms with van der Waals surface area (Å²) in [6, 6.07) is 12.3. The minimum absolute atomic E-state index is 0.425. The molecule has 1 atom stereocenters. The zero-order valence-corrected chi connectivity index (χ0v) is 13.8. The lowest BCUT2D eigenvalue weighted by Crippen LogP contribution is -2.32. The molecule has 1 N–H and O–H groups in total. The van der Waals surface area contributed by atoms with Gasteiger partial charge in [-0.3, -0.25) is 0 Å². The highest BCUT2D eigenvalue weighted by Crippen LogP contribution is 2.19. The predicted molar refractivity (Wildman–Crippen MR) is 90.8 cm³/mol. The van der Waals surface area contributed by atoms with Crippen LogP contribution in [0, 0.1) is 9.52 Å². The van der Waals surface area contributed by atoms with Crippen molar-refractivity contribution in [3.05, 3.63) is 57.7 Å². The molecule has 21 heavy (non-hydrogen) atoms. The number of rotatable bonds is 4. The van der Waals surface area contributed by atoms with Crippen LogP contribution in [-0.2, 0) is 6.54 Å². The number of anilines is 1.